The summed E-state index contributed by atoms with van der Waals surface area (Å²) in [6.45, 7) is 3.99. The number of nitrogen functional groups attached to an aromatic ring is 1. The van der Waals surface area contributed by atoms with Gasteiger partial charge in [-0.2, -0.15) is 0 Å². The third-order valence-corrected chi connectivity index (χ3v) is 4.05. The number of aromatic amines is 1. The molecule has 3 aromatic rings. The van der Waals surface area contributed by atoms with Gasteiger partial charge in [-0.15, -0.1) is 0 Å². The van der Waals surface area contributed by atoms with Gasteiger partial charge in [-0.25, -0.2) is 9.97 Å². The summed E-state index contributed by atoms with van der Waals surface area (Å²) in [6.07, 6.45) is 1.39. The lowest BCUT2D eigenvalue weighted by Crippen LogP contribution is -2.07. The molecule has 0 aliphatic carbocycles. The van der Waals surface area contributed by atoms with Crippen LogP contribution in [0.3, 0.4) is 0 Å². The van der Waals surface area contributed by atoms with E-state index in [1.165, 1.54) is 18.1 Å². The van der Waals surface area contributed by atoms with Crippen molar-refractivity contribution in [3.05, 3.63) is 52.2 Å². The number of nitrogens with one attached hydrogen (secondary N) is 1. The van der Waals surface area contributed by atoms with Crippen molar-refractivity contribution in [1.82, 2.24) is 15.0 Å². The number of H-pyrrole nitrogens is 1. The third kappa shape index (κ3) is 2.75. The van der Waals surface area contributed by atoms with Crippen LogP contribution in [-0.2, 0) is 0 Å². The van der Waals surface area contributed by atoms with Crippen LogP contribution < -0.4 is 11.3 Å². The summed E-state index contributed by atoms with van der Waals surface area (Å²) in [5.41, 5.74) is 9.15. The largest absolute Gasteiger partial charge is 0.398 e. The minimum Gasteiger partial charge on any atom is -0.398 e. The maximum absolute atomic E-state index is 11.7. The summed E-state index contributed by atoms with van der Waals surface area (Å²) < 4.78 is 0. The van der Waals surface area contributed by atoms with Crippen LogP contribution in [-0.4, -0.2) is 15.0 Å². The van der Waals surface area contributed by atoms with Gasteiger partial charge < -0.3 is 10.7 Å². The first kappa shape index (κ1) is 13.6. The van der Waals surface area contributed by atoms with Crippen LogP contribution in [0.5, 0.6) is 0 Å². The molecule has 0 saturated carbocycles. The first-order valence-electron chi connectivity index (χ1n) is 6.43. The first-order valence-corrected chi connectivity index (χ1v) is 7.24. The number of hydrogen-bond acceptors (Lipinski definition) is 5. The maximum Gasteiger partial charge on any atom is 0.258 e. The molecule has 5 nitrogen and oxygen atoms in total. The second-order valence-corrected chi connectivity index (χ2v) is 5.93. The Hall–Kier alpha value is -2.34. The fourth-order valence-corrected chi connectivity index (χ4v) is 3.18. The molecular weight excluding hydrogens is 284 g/mol. The monoisotopic (exact) mass is 298 g/mol. The summed E-state index contributed by atoms with van der Waals surface area (Å²) in [7, 11) is 0. The molecule has 0 radical (unpaired) electrons. The Morgan fingerprint density at radius 2 is 2.00 bits per heavy atom. The topological polar surface area (TPSA) is 84.7 Å². The highest BCUT2D eigenvalue weighted by atomic mass is 32.2. The number of benzene rings is 1. The molecular formula is C15H14N4OS. The van der Waals surface area contributed by atoms with Gasteiger partial charge in [-0.1, -0.05) is 11.8 Å². The van der Waals surface area contributed by atoms with Crippen LogP contribution in [0.1, 0.15) is 11.3 Å². The Kier molecular flexibility index (Phi) is 3.39. The fraction of sp³-hybridized carbons (Fsp3) is 0.133. The predicted octanol–water partition coefficient (Wildman–Crippen LogP) is 2.67. The molecule has 0 unspecified atom stereocenters. The lowest BCUT2D eigenvalue weighted by atomic mass is 10.2. The van der Waals surface area contributed by atoms with E-state index >= 15 is 0 Å². The van der Waals surface area contributed by atoms with Gasteiger partial charge >= 0.3 is 0 Å². The van der Waals surface area contributed by atoms with Gasteiger partial charge in [-0.05, 0) is 43.7 Å². The van der Waals surface area contributed by atoms with Crippen molar-refractivity contribution >= 4 is 28.4 Å². The quantitative estimate of drug-likeness (QED) is 0.710. The lowest BCUT2D eigenvalue weighted by Gasteiger charge is -2.07. The molecule has 0 fully saturated rings. The Balaban J connectivity index is 2.08. The zero-order valence-electron chi connectivity index (χ0n) is 11.7. The predicted molar refractivity (Wildman–Crippen MR) is 84.6 cm³/mol. The van der Waals surface area contributed by atoms with E-state index in [0.29, 0.717) is 16.6 Å². The molecule has 0 saturated heterocycles. The SMILES string of the molecule is Cc1cc(C)nc(Sc2cc3nc[nH]c(=O)c3cc2N)c1. The van der Waals surface area contributed by atoms with Crippen LogP contribution >= 0.6 is 11.8 Å². The van der Waals surface area contributed by atoms with Gasteiger partial charge in [-0.3, -0.25) is 4.79 Å². The average molecular weight is 298 g/mol. The van der Waals surface area contributed by atoms with Crippen LogP contribution in [0.2, 0.25) is 0 Å². The molecule has 0 bridgehead atoms. The van der Waals surface area contributed by atoms with Crippen LogP contribution in [0, 0.1) is 13.8 Å². The van der Waals surface area contributed by atoms with E-state index in [2.05, 4.69) is 15.0 Å². The van der Waals surface area contributed by atoms with Crippen molar-refractivity contribution in [2.24, 2.45) is 0 Å². The summed E-state index contributed by atoms with van der Waals surface area (Å²) in [5.74, 6) is 0. The van der Waals surface area contributed by atoms with Crippen molar-refractivity contribution in [2.45, 2.75) is 23.8 Å². The Morgan fingerprint density at radius 3 is 2.76 bits per heavy atom. The zero-order valence-corrected chi connectivity index (χ0v) is 12.5. The number of hydrogen-bond donors (Lipinski definition) is 2. The molecule has 3 N–H and O–H groups in total. The standard InChI is InChI=1S/C15H14N4OS/c1-8-3-9(2)19-14(4-8)21-13-6-12-10(5-11(13)16)15(20)18-7-17-12/h3-7H,16H2,1-2H3,(H,17,18,20). The van der Waals surface area contributed by atoms with Crippen molar-refractivity contribution in [3.8, 4) is 0 Å². The molecule has 2 heterocycles. The van der Waals surface area contributed by atoms with E-state index < -0.39 is 0 Å². The molecule has 0 atom stereocenters. The van der Waals surface area contributed by atoms with Crippen LogP contribution in [0.25, 0.3) is 10.9 Å². The summed E-state index contributed by atoms with van der Waals surface area (Å²) in [4.78, 5) is 23.8. The van der Waals surface area contributed by atoms with E-state index in [9.17, 15) is 4.79 Å². The number of rotatable bonds is 2. The van der Waals surface area contributed by atoms with Crippen LogP contribution in [0.4, 0.5) is 5.69 Å². The highest BCUT2D eigenvalue weighted by Crippen LogP contribution is 2.33. The smallest absolute Gasteiger partial charge is 0.258 e. The van der Waals surface area contributed by atoms with Crippen LogP contribution in [0.15, 0.2) is 45.3 Å². The normalized spacial score (nSPS) is 11.0. The second kappa shape index (κ2) is 5.21. The van der Waals surface area contributed by atoms with Crippen molar-refractivity contribution in [3.63, 3.8) is 0 Å². The Bertz CT molecular complexity index is 868. The number of aromatic nitrogens is 3. The summed E-state index contributed by atoms with van der Waals surface area (Å²) in [6, 6.07) is 7.51. The van der Waals surface area contributed by atoms with Gasteiger partial charge in [0.1, 0.15) is 5.03 Å². The Labute approximate surface area is 125 Å². The van der Waals surface area contributed by atoms with E-state index in [-0.39, 0.29) is 5.56 Å². The summed E-state index contributed by atoms with van der Waals surface area (Å²) >= 11 is 1.47. The van der Waals surface area contributed by atoms with Gasteiger partial charge in [0.05, 0.1) is 17.2 Å². The molecule has 106 valence electrons. The zero-order chi connectivity index (χ0) is 15.0. The number of anilines is 1. The number of nitrogens with two attached hydrogens (primary N) is 1. The van der Waals surface area contributed by atoms with E-state index in [1.54, 1.807) is 6.07 Å². The molecule has 0 spiro atoms. The number of pyridine rings is 1. The van der Waals surface area contributed by atoms with Gasteiger partial charge in [0.2, 0.25) is 0 Å². The minimum atomic E-state index is -0.187. The maximum atomic E-state index is 11.7. The van der Waals surface area contributed by atoms with Gasteiger partial charge in [0, 0.05) is 16.3 Å². The lowest BCUT2D eigenvalue weighted by molar-refractivity contribution is 1.05. The van der Waals surface area contributed by atoms with E-state index in [1.807, 2.05) is 32.0 Å². The van der Waals surface area contributed by atoms with E-state index in [0.717, 1.165) is 21.2 Å². The number of aryl methyl sites for hydroxylation is 2. The van der Waals surface area contributed by atoms with Crippen molar-refractivity contribution in [1.29, 1.82) is 0 Å². The molecule has 6 heteroatoms. The van der Waals surface area contributed by atoms with E-state index in [4.69, 9.17) is 5.73 Å². The molecule has 0 amide bonds. The molecule has 3 rings (SSSR count). The minimum absolute atomic E-state index is 0.187. The summed E-state index contributed by atoms with van der Waals surface area (Å²) in [5, 5.41) is 1.37. The van der Waals surface area contributed by atoms with Gasteiger partial charge in [0.25, 0.3) is 5.56 Å². The molecule has 0 aliphatic heterocycles. The fourth-order valence-electron chi connectivity index (χ4n) is 2.17. The number of nitrogens with zero attached hydrogens (tertiary/aromatic N) is 2. The first-order chi connectivity index (χ1) is 10.0. The molecule has 2 aromatic heterocycles. The molecule has 1 aromatic carbocycles. The molecule has 0 aliphatic rings. The Morgan fingerprint density at radius 1 is 1.19 bits per heavy atom. The highest BCUT2D eigenvalue weighted by Gasteiger charge is 2.09. The molecule has 21 heavy (non-hydrogen) atoms. The van der Waals surface area contributed by atoms with Crippen molar-refractivity contribution in [2.75, 3.05) is 5.73 Å². The highest BCUT2D eigenvalue weighted by molar-refractivity contribution is 7.99. The van der Waals surface area contributed by atoms with Gasteiger partial charge in [0.15, 0.2) is 0 Å². The average Bonchev–Trinajstić information content (AvgIpc) is 2.40. The van der Waals surface area contributed by atoms with Crippen molar-refractivity contribution < 1.29 is 0 Å². The number of fused-ring (bicyclic) bond motifs is 1. The second-order valence-electron chi connectivity index (χ2n) is 4.87. The third-order valence-electron chi connectivity index (χ3n) is 3.06.